The fraction of sp³-hybridized carbons (Fsp3) is 0.348. The van der Waals surface area contributed by atoms with E-state index in [2.05, 4.69) is 39.4 Å². The summed E-state index contributed by atoms with van der Waals surface area (Å²) < 4.78 is 5.29. The standard InChI is InChI=1S/C23H25ClN4O2/c1-16-10-12-28(13-11-16)20-8-4-18(5-9-20)23-26-22(30-27-23)15-25-21(29)14-17-2-6-19(24)7-3-17/h2-9,16H,10-15H2,1H3,(H,25,29). The number of nitrogens with one attached hydrogen (secondary N) is 1. The molecule has 4 rings (SSSR count). The molecule has 7 heteroatoms. The first-order chi connectivity index (χ1) is 14.6. The Morgan fingerprint density at radius 1 is 1.13 bits per heavy atom. The van der Waals surface area contributed by atoms with Gasteiger partial charge in [-0.15, -0.1) is 0 Å². The summed E-state index contributed by atoms with van der Waals surface area (Å²) in [4.78, 5) is 18.9. The molecular weight excluding hydrogens is 400 g/mol. The second kappa shape index (κ2) is 9.30. The minimum atomic E-state index is -0.114. The van der Waals surface area contributed by atoms with Crippen molar-refractivity contribution >= 4 is 23.2 Å². The topological polar surface area (TPSA) is 71.3 Å². The molecule has 2 aromatic carbocycles. The molecule has 1 N–H and O–H groups in total. The molecule has 30 heavy (non-hydrogen) atoms. The lowest BCUT2D eigenvalue weighted by Gasteiger charge is -2.32. The first-order valence-electron chi connectivity index (χ1n) is 10.3. The zero-order valence-corrected chi connectivity index (χ0v) is 17.7. The minimum Gasteiger partial charge on any atom is -0.372 e. The lowest BCUT2D eigenvalue weighted by molar-refractivity contribution is -0.120. The van der Waals surface area contributed by atoms with Gasteiger partial charge in [0.1, 0.15) is 0 Å². The van der Waals surface area contributed by atoms with Gasteiger partial charge in [-0.2, -0.15) is 4.98 Å². The number of hydrogen-bond donors (Lipinski definition) is 1. The van der Waals surface area contributed by atoms with Crippen LogP contribution >= 0.6 is 11.6 Å². The molecule has 0 saturated carbocycles. The van der Waals surface area contributed by atoms with Crippen LogP contribution in [0.4, 0.5) is 5.69 Å². The Balaban J connectivity index is 1.31. The van der Waals surface area contributed by atoms with Crippen LogP contribution in [0.3, 0.4) is 0 Å². The van der Waals surface area contributed by atoms with Crippen LogP contribution in [-0.4, -0.2) is 29.1 Å². The van der Waals surface area contributed by atoms with Crippen molar-refractivity contribution in [1.29, 1.82) is 0 Å². The van der Waals surface area contributed by atoms with E-state index in [1.807, 2.05) is 24.3 Å². The van der Waals surface area contributed by atoms with Gasteiger partial charge in [0.05, 0.1) is 13.0 Å². The zero-order chi connectivity index (χ0) is 20.9. The van der Waals surface area contributed by atoms with Gasteiger partial charge in [0.25, 0.3) is 0 Å². The molecule has 0 radical (unpaired) electrons. The van der Waals surface area contributed by atoms with Gasteiger partial charge in [-0.1, -0.05) is 35.8 Å². The molecule has 1 amide bonds. The Bertz CT molecular complexity index is 977. The molecule has 0 bridgehead atoms. The average Bonchev–Trinajstić information content (AvgIpc) is 3.24. The number of carbonyl (C=O) groups is 1. The van der Waals surface area contributed by atoms with Gasteiger partial charge in [-0.25, -0.2) is 0 Å². The van der Waals surface area contributed by atoms with E-state index in [1.54, 1.807) is 12.1 Å². The molecule has 0 unspecified atom stereocenters. The van der Waals surface area contributed by atoms with Crippen LogP contribution in [0.15, 0.2) is 53.1 Å². The van der Waals surface area contributed by atoms with Crippen LogP contribution in [-0.2, 0) is 17.8 Å². The number of carbonyl (C=O) groups excluding carboxylic acids is 1. The van der Waals surface area contributed by atoms with Crippen LogP contribution in [0.5, 0.6) is 0 Å². The van der Waals surface area contributed by atoms with Crippen LogP contribution in [0.2, 0.25) is 5.02 Å². The second-order valence-electron chi connectivity index (χ2n) is 7.81. The number of aromatic nitrogens is 2. The van der Waals surface area contributed by atoms with Crippen LogP contribution in [0.1, 0.15) is 31.2 Å². The Hall–Kier alpha value is -2.86. The van der Waals surface area contributed by atoms with E-state index in [-0.39, 0.29) is 18.9 Å². The molecule has 0 atom stereocenters. The maximum absolute atomic E-state index is 12.1. The fourth-order valence-corrected chi connectivity index (χ4v) is 3.68. The summed E-state index contributed by atoms with van der Waals surface area (Å²) in [6.07, 6.45) is 2.74. The molecule has 0 spiro atoms. The third kappa shape index (κ3) is 5.19. The predicted molar refractivity (Wildman–Crippen MR) is 117 cm³/mol. The summed E-state index contributed by atoms with van der Waals surface area (Å²) in [6, 6.07) is 15.4. The first kappa shape index (κ1) is 20.4. The zero-order valence-electron chi connectivity index (χ0n) is 17.0. The van der Waals surface area contributed by atoms with E-state index in [0.29, 0.717) is 16.7 Å². The SMILES string of the molecule is CC1CCN(c2ccc(-c3noc(CNC(=O)Cc4ccc(Cl)cc4)n3)cc2)CC1. The normalized spacial score (nSPS) is 14.7. The molecule has 1 fully saturated rings. The van der Waals surface area contributed by atoms with Gasteiger partial charge in [-0.05, 0) is 60.7 Å². The number of halogens is 1. The maximum Gasteiger partial charge on any atom is 0.246 e. The number of hydrogen-bond acceptors (Lipinski definition) is 5. The van der Waals surface area contributed by atoms with Gasteiger partial charge >= 0.3 is 0 Å². The molecule has 1 aliphatic rings. The molecule has 156 valence electrons. The highest BCUT2D eigenvalue weighted by Crippen LogP contribution is 2.25. The van der Waals surface area contributed by atoms with Crippen molar-refractivity contribution in [1.82, 2.24) is 15.5 Å². The van der Waals surface area contributed by atoms with Gasteiger partial charge in [0.2, 0.25) is 17.6 Å². The number of rotatable bonds is 6. The second-order valence-corrected chi connectivity index (χ2v) is 8.24. The Labute approximate surface area is 181 Å². The van der Waals surface area contributed by atoms with Crippen molar-refractivity contribution in [2.24, 2.45) is 5.92 Å². The third-order valence-corrected chi connectivity index (χ3v) is 5.71. The minimum absolute atomic E-state index is 0.114. The monoisotopic (exact) mass is 424 g/mol. The van der Waals surface area contributed by atoms with E-state index in [1.165, 1.54) is 18.5 Å². The molecule has 6 nitrogen and oxygen atoms in total. The first-order valence-corrected chi connectivity index (χ1v) is 10.6. The third-order valence-electron chi connectivity index (χ3n) is 5.46. The van der Waals surface area contributed by atoms with Crippen LogP contribution in [0.25, 0.3) is 11.4 Å². The number of benzene rings is 2. The summed E-state index contributed by atoms with van der Waals surface area (Å²) in [6.45, 7) is 4.71. The van der Waals surface area contributed by atoms with Crippen molar-refractivity contribution in [2.45, 2.75) is 32.7 Å². The van der Waals surface area contributed by atoms with E-state index >= 15 is 0 Å². The number of nitrogens with zero attached hydrogens (tertiary/aromatic N) is 3. The van der Waals surface area contributed by atoms with Gasteiger partial charge in [0.15, 0.2) is 0 Å². The average molecular weight is 425 g/mol. The lowest BCUT2D eigenvalue weighted by Crippen LogP contribution is -2.32. The summed E-state index contributed by atoms with van der Waals surface area (Å²) in [5, 5.41) is 7.50. The maximum atomic E-state index is 12.1. The van der Waals surface area contributed by atoms with Crippen molar-refractivity contribution < 1.29 is 9.32 Å². The summed E-state index contributed by atoms with van der Waals surface area (Å²) in [7, 11) is 0. The summed E-state index contributed by atoms with van der Waals surface area (Å²) in [5.74, 6) is 1.60. The highest BCUT2D eigenvalue weighted by atomic mass is 35.5. The van der Waals surface area contributed by atoms with Crippen molar-refractivity contribution in [3.63, 3.8) is 0 Å². The number of anilines is 1. The molecular formula is C23H25ClN4O2. The highest BCUT2D eigenvalue weighted by Gasteiger charge is 2.16. The summed E-state index contributed by atoms with van der Waals surface area (Å²) in [5.41, 5.74) is 3.02. The lowest BCUT2D eigenvalue weighted by atomic mass is 9.98. The molecule has 1 saturated heterocycles. The van der Waals surface area contributed by atoms with Crippen molar-refractivity contribution in [3.05, 3.63) is 65.0 Å². The van der Waals surface area contributed by atoms with Crippen LogP contribution in [0, 0.1) is 5.92 Å². The molecule has 2 heterocycles. The van der Waals surface area contributed by atoms with Crippen molar-refractivity contribution in [2.75, 3.05) is 18.0 Å². The largest absolute Gasteiger partial charge is 0.372 e. The Morgan fingerprint density at radius 3 is 2.53 bits per heavy atom. The van der Waals surface area contributed by atoms with E-state index < -0.39 is 0 Å². The number of piperidine rings is 1. The van der Waals surface area contributed by atoms with Gasteiger partial charge < -0.3 is 14.7 Å². The molecule has 3 aromatic rings. The fourth-order valence-electron chi connectivity index (χ4n) is 3.56. The van der Waals surface area contributed by atoms with Crippen LogP contribution < -0.4 is 10.2 Å². The quantitative estimate of drug-likeness (QED) is 0.631. The van der Waals surface area contributed by atoms with E-state index in [0.717, 1.165) is 30.1 Å². The van der Waals surface area contributed by atoms with E-state index in [4.69, 9.17) is 16.1 Å². The Morgan fingerprint density at radius 2 is 1.83 bits per heavy atom. The van der Waals surface area contributed by atoms with E-state index in [9.17, 15) is 4.79 Å². The molecule has 0 aliphatic carbocycles. The Kier molecular flexibility index (Phi) is 6.33. The molecule has 1 aromatic heterocycles. The van der Waals surface area contributed by atoms with Gasteiger partial charge in [-0.3, -0.25) is 4.79 Å². The summed E-state index contributed by atoms with van der Waals surface area (Å²) >= 11 is 5.87. The van der Waals surface area contributed by atoms with Gasteiger partial charge in [0, 0.05) is 29.4 Å². The highest BCUT2D eigenvalue weighted by molar-refractivity contribution is 6.30. The number of amides is 1. The predicted octanol–water partition coefficient (Wildman–Crippen LogP) is 4.49. The smallest absolute Gasteiger partial charge is 0.246 e. The van der Waals surface area contributed by atoms with Crippen molar-refractivity contribution in [3.8, 4) is 11.4 Å². The molecule has 1 aliphatic heterocycles.